The third-order valence-corrected chi connectivity index (χ3v) is 5.08. The molecule has 0 fully saturated rings. The van der Waals surface area contributed by atoms with Crippen LogP contribution in [0.1, 0.15) is 32.6 Å². The van der Waals surface area contributed by atoms with E-state index in [0.717, 1.165) is 22.3 Å². The van der Waals surface area contributed by atoms with Gasteiger partial charge in [0.25, 0.3) is 0 Å². The van der Waals surface area contributed by atoms with Gasteiger partial charge in [0.05, 0.1) is 17.7 Å². The Labute approximate surface area is 166 Å². The van der Waals surface area contributed by atoms with Crippen molar-refractivity contribution in [2.75, 3.05) is 5.48 Å². The van der Waals surface area contributed by atoms with Crippen molar-refractivity contribution in [2.24, 2.45) is 0 Å². The number of aryl methyl sites for hydroxylation is 1. The fourth-order valence-corrected chi connectivity index (χ4v) is 3.70. The molecule has 0 unspecified atom stereocenters. The second kappa shape index (κ2) is 7.28. The van der Waals surface area contributed by atoms with Crippen LogP contribution < -0.4 is 5.48 Å². The van der Waals surface area contributed by atoms with Crippen LogP contribution in [0.2, 0.25) is 0 Å². The molecule has 3 aromatic rings. The molecule has 3 nitrogen and oxygen atoms in total. The van der Waals surface area contributed by atoms with Gasteiger partial charge in [-0.3, -0.25) is 0 Å². The first-order valence-electron chi connectivity index (χ1n) is 9.16. The fraction of sp³-hybridized carbons (Fsp3) is 0.174. The number of alkyl halides is 3. The summed E-state index contributed by atoms with van der Waals surface area (Å²) in [4.78, 5) is 17.7. The van der Waals surface area contributed by atoms with E-state index in [9.17, 15) is 18.0 Å². The maximum atomic E-state index is 13.1. The highest BCUT2D eigenvalue weighted by Crippen LogP contribution is 2.42. The third kappa shape index (κ3) is 3.83. The lowest BCUT2D eigenvalue weighted by atomic mass is 9.99. The maximum Gasteiger partial charge on any atom is 0.393 e. The smallest absolute Gasteiger partial charge is 0.338 e. The third-order valence-electron chi connectivity index (χ3n) is 5.08. The van der Waals surface area contributed by atoms with Crippen molar-refractivity contribution in [2.45, 2.75) is 25.9 Å². The molecule has 0 saturated heterocycles. The number of carbonyl (C=O) groups is 1. The van der Waals surface area contributed by atoms with Gasteiger partial charge in [0.1, 0.15) is 0 Å². The number of nitrogens with one attached hydrogen (secondary N) is 1. The molecule has 6 heteroatoms. The van der Waals surface area contributed by atoms with E-state index in [-0.39, 0.29) is 11.3 Å². The van der Waals surface area contributed by atoms with Gasteiger partial charge in [-0.1, -0.05) is 54.6 Å². The summed E-state index contributed by atoms with van der Waals surface area (Å²) in [6, 6.07) is 17.7. The highest BCUT2D eigenvalue weighted by molar-refractivity contribution is 5.92. The molecule has 1 aliphatic rings. The lowest BCUT2D eigenvalue weighted by Crippen LogP contribution is -2.17. The van der Waals surface area contributed by atoms with Crippen LogP contribution in [0.4, 0.5) is 18.9 Å². The van der Waals surface area contributed by atoms with Gasteiger partial charge < -0.3 is 4.84 Å². The molecular formula is C23H18F3NO2. The van der Waals surface area contributed by atoms with Crippen LogP contribution in [-0.4, -0.2) is 12.1 Å². The number of fused-ring (bicyclic) bond motifs is 3. The van der Waals surface area contributed by atoms with E-state index < -0.39 is 18.6 Å². The molecular weight excluding hydrogens is 379 g/mol. The summed E-state index contributed by atoms with van der Waals surface area (Å²) in [6.07, 6.45) is -5.02. The summed E-state index contributed by atoms with van der Waals surface area (Å²) in [5.74, 6) is -0.644. The number of benzene rings is 3. The molecule has 3 aromatic carbocycles. The molecule has 1 N–H and O–H groups in total. The van der Waals surface area contributed by atoms with Gasteiger partial charge in [-0.15, -0.1) is 0 Å². The Morgan fingerprint density at radius 3 is 2.48 bits per heavy atom. The molecule has 0 spiro atoms. The van der Waals surface area contributed by atoms with Gasteiger partial charge in [0, 0.05) is 6.42 Å². The van der Waals surface area contributed by atoms with Crippen LogP contribution in [0.3, 0.4) is 0 Å². The van der Waals surface area contributed by atoms with E-state index >= 15 is 0 Å². The van der Waals surface area contributed by atoms with E-state index in [1.165, 1.54) is 6.07 Å². The van der Waals surface area contributed by atoms with Gasteiger partial charge >= 0.3 is 12.1 Å². The predicted octanol–water partition coefficient (Wildman–Crippen LogP) is 5.85. The average Bonchev–Trinajstić information content (AvgIpc) is 3.05. The number of carbonyl (C=O) groups excluding carboxylic acids is 1. The molecule has 0 aromatic heterocycles. The summed E-state index contributed by atoms with van der Waals surface area (Å²) in [7, 11) is 0. The molecule has 0 radical (unpaired) electrons. The summed E-state index contributed by atoms with van der Waals surface area (Å²) in [5, 5.41) is 0. The fourth-order valence-electron chi connectivity index (χ4n) is 3.70. The Morgan fingerprint density at radius 2 is 1.72 bits per heavy atom. The summed E-state index contributed by atoms with van der Waals surface area (Å²) < 4.78 is 39.4. The number of halogens is 3. The number of hydrogen-bond acceptors (Lipinski definition) is 3. The normalized spacial score (nSPS) is 12.3. The Hall–Kier alpha value is -3.28. The van der Waals surface area contributed by atoms with E-state index in [1.807, 2.05) is 24.3 Å². The molecule has 4 rings (SSSR count). The predicted molar refractivity (Wildman–Crippen MR) is 105 cm³/mol. The van der Waals surface area contributed by atoms with Gasteiger partial charge in [-0.25, -0.2) is 10.3 Å². The standard InChI is InChI=1S/C23H18F3NO2/c1-14-6-2-4-8-17(14)22(28)29-27-21-16(13-23(24,25)26)10-11-19-18-9-5-3-7-15(18)12-20(19)21/h2-11,27H,12-13H2,1H3. The minimum Gasteiger partial charge on any atom is -0.338 e. The van der Waals surface area contributed by atoms with Crippen molar-refractivity contribution in [3.05, 3.63) is 88.5 Å². The molecule has 29 heavy (non-hydrogen) atoms. The van der Waals surface area contributed by atoms with Crippen LogP contribution in [-0.2, 0) is 17.7 Å². The number of anilines is 1. The zero-order valence-electron chi connectivity index (χ0n) is 15.6. The minimum atomic E-state index is -4.38. The quantitative estimate of drug-likeness (QED) is 0.439. The first kappa shape index (κ1) is 19.1. The maximum absolute atomic E-state index is 13.1. The van der Waals surface area contributed by atoms with Gasteiger partial charge in [-0.05, 0) is 46.4 Å². The van der Waals surface area contributed by atoms with Crippen molar-refractivity contribution in [3.63, 3.8) is 0 Å². The highest BCUT2D eigenvalue weighted by Gasteiger charge is 2.32. The molecule has 0 saturated carbocycles. The first-order valence-corrected chi connectivity index (χ1v) is 9.16. The molecule has 0 aliphatic heterocycles. The highest BCUT2D eigenvalue weighted by atomic mass is 19.4. The lowest BCUT2D eigenvalue weighted by molar-refractivity contribution is -0.127. The van der Waals surface area contributed by atoms with Crippen LogP contribution >= 0.6 is 0 Å². The van der Waals surface area contributed by atoms with Crippen LogP contribution in [0.15, 0.2) is 60.7 Å². The summed E-state index contributed by atoms with van der Waals surface area (Å²) >= 11 is 0. The molecule has 0 heterocycles. The summed E-state index contributed by atoms with van der Waals surface area (Å²) in [5.41, 5.74) is 7.43. The number of rotatable bonds is 4. The SMILES string of the molecule is Cc1ccccc1C(=O)ONc1c(CC(F)(F)F)ccc2c1Cc1ccccc1-2. The zero-order chi connectivity index (χ0) is 20.6. The van der Waals surface area contributed by atoms with Crippen LogP contribution in [0, 0.1) is 6.92 Å². The summed E-state index contributed by atoms with van der Waals surface area (Å²) in [6.45, 7) is 1.77. The topological polar surface area (TPSA) is 38.3 Å². The first-order chi connectivity index (χ1) is 13.8. The molecule has 1 aliphatic carbocycles. The van der Waals surface area contributed by atoms with Crippen molar-refractivity contribution in [3.8, 4) is 11.1 Å². The van der Waals surface area contributed by atoms with Crippen molar-refractivity contribution in [1.82, 2.24) is 0 Å². The Balaban J connectivity index is 1.69. The Kier molecular flexibility index (Phi) is 4.78. The van der Waals surface area contributed by atoms with E-state index in [1.54, 1.807) is 37.3 Å². The molecule has 148 valence electrons. The van der Waals surface area contributed by atoms with Crippen molar-refractivity contribution < 1.29 is 22.8 Å². The Bertz CT molecular complexity index is 1090. The van der Waals surface area contributed by atoms with Crippen LogP contribution in [0.25, 0.3) is 11.1 Å². The lowest BCUT2D eigenvalue weighted by Gasteiger charge is -2.17. The van der Waals surface area contributed by atoms with E-state index in [2.05, 4.69) is 5.48 Å². The molecule has 0 bridgehead atoms. The van der Waals surface area contributed by atoms with Crippen molar-refractivity contribution >= 4 is 11.7 Å². The number of hydrogen-bond donors (Lipinski definition) is 1. The van der Waals surface area contributed by atoms with Gasteiger partial charge in [0.2, 0.25) is 0 Å². The van der Waals surface area contributed by atoms with Crippen LogP contribution in [0.5, 0.6) is 0 Å². The van der Waals surface area contributed by atoms with E-state index in [0.29, 0.717) is 17.5 Å². The zero-order valence-corrected chi connectivity index (χ0v) is 15.6. The average molecular weight is 397 g/mol. The second-order valence-electron chi connectivity index (χ2n) is 7.06. The van der Waals surface area contributed by atoms with Crippen molar-refractivity contribution in [1.29, 1.82) is 0 Å². The van der Waals surface area contributed by atoms with Gasteiger partial charge in [-0.2, -0.15) is 13.2 Å². The largest absolute Gasteiger partial charge is 0.393 e. The molecule has 0 atom stereocenters. The Morgan fingerprint density at radius 1 is 1.00 bits per heavy atom. The second-order valence-corrected chi connectivity index (χ2v) is 7.06. The van der Waals surface area contributed by atoms with Gasteiger partial charge in [0.15, 0.2) is 0 Å². The monoisotopic (exact) mass is 397 g/mol. The molecule has 0 amide bonds. The van der Waals surface area contributed by atoms with E-state index in [4.69, 9.17) is 4.84 Å². The minimum absolute atomic E-state index is 0.0432.